The average Bonchev–Trinajstić information content (AvgIpc) is 2.38. The Kier molecular flexibility index (Phi) is 6.02. The van der Waals surface area contributed by atoms with Gasteiger partial charge in [-0.25, -0.2) is 0 Å². The van der Waals surface area contributed by atoms with Gasteiger partial charge in [-0.2, -0.15) is 0 Å². The molecule has 0 spiro atoms. The highest BCUT2D eigenvalue weighted by Gasteiger charge is 2.29. The van der Waals surface area contributed by atoms with Gasteiger partial charge in [-0.3, -0.25) is 4.79 Å². The summed E-state index contributed by atoms with van der Waals surface area (Å²) in [4.78, 5) is 12.3. The Bertz CT molecular complexity index is 425. The van der Waals surface area contributed by atoms with Crippen molar-refractivity contribution in [3.8, 4) is 0 Å². The largest absolute Gasteiger partial charge is 0.399 e. The standard InChI is InChI=1S/C16H26N2O2/c1-12(2)20-11-5-10-18-15(19)16(3,4)13-6-8-14(17)9-7-13/h6-9,12H,5,10-11,17H2,1-4H3,(H,18,19). The Morgan fingerprint density at radius 2 is 1.90 bits per heavy atom. The van der Waals surface area contributed by atoms with Gasteiger partial charge in [0.1, 0.15) is 0 Å². The van der Waals surface area contributed by atoms with Gasteiger partial charge in [0.05, 0.1) is 11.5 Å². The molecule has 20 heavy (non-hydrogen) atoms. The second kappa shape index (κ2) is 7.29. The Labute approximate surface area is 121 Å². The van der Waals surface area contributed by atoms with Crippen LogP contribution in [0.4, 0.5) is 5.69 Å². The fourth-order valence-corrected chi connectivity index (χ4v) is 1.84. The molecule has 0 saturated heterocycles. The molecule has 0 fully saturated rings. The highest BCUT2D eigenvalue weighted by molar-refractivity contribution is 5.87. The topological polar surface area (TPSA) is 64.3 Å². The predicted molar refractivity (Wildman–Crippen MR) is 82.6 cm³/mol. The number of hydrogen-bond donors (Lipinski definition) is 2. The maximum absolute atomic E-state index is 12.3. The molecule has 0 aliphatic rings. The number of nitrogens with one attached hydrogen (secondary N) is 1. The molecule has 112 valence electrons. The number of nitrogens with two attached hydrogens (primary N) is 1. The van der Waals surface area contributed by atoms with Gasteiger partial charge in [0.15, 0.2) is 0 Å². The predicted octanol–water partition coefficient (Wildman–Crippen LogP) is 2.48. The summed E-state index contributed by atoms with van der Waals surface area (Å²) in [6, 6.07) is 7.44. The first-order valence-corrected chi connectivity index (χ1v) is 7.10. The minimum atomic E-state index is -0.563. The zero-order valence-corrected chi connectivity index (χ0v) is 12.9. The van der Waals surface area contributed by atoms with Gasteiger partial charge in [-0.1, -0.05) is 12.1 Å². The maximum Gasteiger partial charge on any atom is 0.230 e. The monoisotopic (exact) mass is 278 g/mol. The normalized spacial score (nSPS) is 11.7. The Balaban J connectivity index is 2.46. The van der Waals surface area contributed by atoms with E-state index in [0.717, 1.165) is 12.0 Å². The van der Waals surface area contributed by atoms with Gasteiger partial charge in [0.25, 0.3) is 0 Å². The number of carbonyl (C=O) groups is 1. The summed E-state index contributed by atoms with van der Waals surface area (Å²) in [5.74, 6) is 0.0202. The molecular weight excluding hydrogens is 252 g/mol. The number of carbonyl (C=O) groups excluding carboxylic acids is 1. The lowest BCUT2D eigenvalue weighted by Crippen LogP contribution is -2.40. The van der Waals surface area contributed by atoms with Crippen LogP contribution in [0.1, 0.15) is 39.7 Å². The van der Waals surface area contributed by atoms with Gasteiger partial charge in [-0.15, -0.1) is 0 Å². The first-order chi connectivity index (χ1) is 9.34. The summed E-state index contributed by atoms with van der Waals surface area (Å²) in [7, 11) is 0. The zero-order valence-electron chi connectivity index (χ0n) is 12.9. The Morgan fingerprint density at radius 3 is 2.45 bits per heavy atom. The van der Waals surface area contributed by atoms with Crippen LogP contribution < -0.4 is 11.1 Å². The van der Waals surface area contributed by atoms with E-state index in [-0.39, 0.29) is 12.0 Å². The molecule has 1 amide bonds. The van der Waals surface area contributed by atoms with Crippen LogP contribution >= 0.6 is 0 Å². The van der Waals surface area contributed by atoms with Gasteiger partial charge in [0.2, 0.25) is 5.91 Å². The number of benzene rings is 1. The maximum atomic E-state index is 12.3. The van der Waals surface area contributed by atoms with Crippen LogP contribution in [-0.4, -0.2) is 25.2 Å². The van der Waals surface area contributed by atoms with E-state index in [2.05, 4.69) is 5.32 Å². The summed E-state index contributed by atoms with van der Waals surface area (Å²) in [6.45, 7) is 9.13. The third-order valence-corrected chi connectivity index (χ3v) is 3.26. The molecule has 0 bridgehead atoms. The van der Waals surface area contributed by atoms with E-state index in [4.69, 9.17) is 10.5 Å². The molecule has 1 rings (SSSR count). The summed E-state index contributed by atoms with van der Waals surface area (Å²) >= 11 is 0. The number of rotatable bonds is 7. The fraction of sp³-hybridized carbons (Fsp3) is 0.562. The van der Waals surface area contributed by atoms with E-state index < -0.39 is 5.41 Å². The molecule has 4 nitrogen and oxygen atoms in total. The second-order valence-electron chi connectivity index (χ2n) is 5.78. The molecule has 3 N–H and O–H groups in total. The van der Waals surface area contributed by atoms with E-state index in [1.54, 1.807) is 0 Å². The lowest BCUT2D eigenvalue weighted by Gasteiger charge is -2.24. The van der Waals surface area contributed by atoms with E-state index in [0.29, 0.717) is 18.8 Å². The number of hydrogen-bond acceptors (Lipinski definition) is 3. The summed E-state index contributed by atoms with van der Waals surface area (Å²) in [6.07, 6.45) is 1.05. The first-order valence-electron chi connectivity index (χ1n) is 7.10. The van der Waals surface area contributed by atoms with Gasteiger partial charge in [-0.05, 0) is 51.8 Å². The van der Waals surface area contributed by atoms with Crippen LogP contribution in [0, 0.1) is 0 Å². The SMILES string of the molecule is CC(C)OCCCNC(=O)C(C)(C)c1ccc(N)cc1. The second-order valence-corrected chi connectivity index (χ2v) is 5.78. The highest BCUT2D eigenvalue weighted by Crippen LogP contribution is 2.24. The van der Waals surface area contributed by atoms with E-state index >= 15 is 0 Å². The molecular formula is C16H26N2O2. The van der Waals surface area contributed by atoms with Crippen LogP contribution in [0.3, 0.4) is 0 Å². The lowest BCUT2D eigenvalue weighted by atomic mass is 9.83. The van der Waals surface area contributed by atoms with Crippen molar-refractivity contribution in [3.63, 3.8) is 0 Å². The quantitative estimate of drug-likeness (QED) is 0.595. The van der Waals surface area contributed by atoms with Gasteiger partial charge >= 0.3 is 0 Å². The van der Waals surface area contributed by atoms with E-state index in [1.165, 1.54) is 0 Å². The molecule has 0 aliphatic carbocycles. The highest BCUT2D eigenvalue weighted by atomic mass is 16.5. The van der Waals surface area contributed by atoms with Crippen LogP contribution in [0.15, 0.2) is 24.3 Å². The van der Waals surface area contributed by atoms with Crippen molar-refractivity contribution < 1.29 is 9.53 Å². The summed E-state index contributed by atoms with van der Waals surface area (Å²) in [5.41, 5.74) is 6.77. The van der Waals surface area contributed by atoms with E-state index in [1.807, 2.05) is 52.0 Å². The molecule has 1 aromatic carbocycles. The number of nitrogen functional groups attached to an aromatic ring is 1. The van der Waals surface area contributed by atoms with Crippen molar-refractivity contribution in [3.05, 3.63) is 29.8 Å². The molecule has 0 unspecified atom stereocenters. The van der Waals surface area contributed by atoms with Gasteiger partial charge in [0, 0.05) is 18.8 Å². The van der Waals surface area contributed by atoms with Crippen molar-refractivity contribution >= 4 is 11.6 Å². The summed E-state index contributed by atoms with van der Waals surface area (Å²) < 4.78 is 5.44. The Hall–Kier alpha value is -1.55. The zero-order chi connectivity index (χ0) is 15.2. The summed E-state index contributed by atoms with van der Waals surface area (Å²) in [5, 5.41) is 2.96. The minimum absolute atomic E-state index is 0.0202. The molecule has 0 heterocycles. The molecule has 0 aromatic heterocycles. The fourth-order valence-electron chi connectivity index (χ4n) is 1.84. The number of amides is 1. The molecule has 0 atom stereocenters. The molecule has 4 heteroatoms. The van der Waals surface area contributed by atoms with Crippen LogP contribution in [0.2, 0.25) is 0 Å². The Morgan fingerprint density at radius 1 is 1.30 bits per heavy atom. The molecule has 0 saturated carbocycles. The molecule has 1 aromatic rings. The van der Waals surface area contributed by atoms with Crippen LogP contribution in [-0.2, 0) is 14.9 Å². The van der Waals surface area contributed by atoms with Crippen molar-refractivity contribution in [2.75, 3.05) is 18.9 Å². The third kappa shape index (κ3) is 4.85. The van der Waals surface area contributed by atoms with Crippen molar-refractivity contribution in [1.29, 1.82) is 0 Å². The first kappa shape index (κ1) is 16.5. The van der Waals surface area contributed by atoms with Crippen LogP contribution in [0.25, 0.3) is 0 Å². The number of ether oxygens (including phenoxy) is 1. The van der Waals surface area contributed by atoms with Crippen molar-refractivity contribution in [2.24, 2.45) is 0 Å². The van der Waals surface area contributed by atoms with Gasteiger partial charge < -0.3 is 15.8 Å². The lowest BCUT2D eigenvalue weighted by molar-refractivity contribution is -0.125. The van der Waals surface area contributed by atoms with E-state index in [9.17, 15) is 4.79 Å². The number of anilines is 1. The minimum Gasteiger partial charge on any atom is -0.399 e. The smallest absolute Gasteiger partial charge is 0.230 e. The van der Waals surface area contributed by atoms with Crippen LogP contribution in [0.5, 0.6) is 0 Å². The van der Waals surface area contributed by atoms with Crippen molar-refractivity contribution in [1.82, 2.24) is 5.32 Å². The average molecular weight is 278 g/mol. The molecule has 0 radical (unpaired) electrons. The van der Waals surface area contributed by atoms with Crippen molar-refractivity contribution in [2.45, 2.75) is 45.6 Å². The third-order valence-electron chi connectivity index (χ3n) is 3.26. The molecule has 0 aliphatic heterocycles.